The largest absolute Gasteiger partial charge is 0.449 e. The van der Waals surface area contributed by atoms with Crippen LogP contribution in [-0.4, -0.2) is 28.7 Å². The van der Waals surface area contributed by atoms with E-state index < -0.39 is 12.1 Å². The van der Waals surface area contributed by atoms with Crippen LogP contribution in [0.3, 0.4) is 0 Å². The molecule has 1 atom stereocenters. The van der Waals surface area contributed by atoms with Gasteiger partial charge in [-0.05, 0) is 31.2 Å². The van der Waals surface area contributed by atoms with Crippen LogP contribution >= 0.6 is 34.5 Å². The first-order valence-electron chi connectivity index (χ1n) is 7.18. The number of pyridine rings is 1. The van der Waals surface area contributed by atoms with Crippen LogP contribution in [0.5, 0.6) is 0 Å². The van der Waals surface area contributed by atoms with Crippen LogP contribution in [0.15, 0.2) is 24.3 Å². The van der Waals surface area contributed by atoms with Crippen LogP contribution in [0.1, 0.15) is 38.9 Å². The van der Waals surface area contributed by atoms with E-state index in [9.17, 15) is 14.4 Å². The minimum Gasteiger partial charge on any atom is -0.449 e. The van der Waals surface area contributed by atoms with E-state index in [-0.39, 0.29) is 27.6 Å². The third kappa shape index (κ3) is 5.26. The lowest BCUT2D eigenvalue weighted by Gasteiger charge is -2.11. The molecule has 0 aliphatic rings. The Hall–Kier alpha value is -1.96. The molecule has 2 rings (SSSR count). The van der Waals surface area contributed by atoms with Crippen LogP contribution < -0.4 is 5.32 Å². The van der Waals surface area contributed by atoms with E-state index >= 15 is 0 Å². The fraction of sp³-hybridized carbons (Fsp3) is 0.250. The molecule has 9 heteroatoms. The van der Waals surface area contributed by atoms with Gasteiger partial charge in [-0.15, -0.1) is 11.3 Å². The van der Waals surface area contributed by atoms with Gasteiger partial charge < -0.3 is 10.1 Å². The second-order valence-corrected chi connectivity index (χ2v) is 7.01. The molecule has 1 N–H and O–H groups in total. The highest BCUT2D eigenvalue weighted by atomic mass is 35.5. The number of hydrogen-bond donors (Lipinski definition) is 1. The predicted octanol–water partition coefficient (Wildman–Crippen LogP) is 3.51. The molecule has 0 bridgehead atoms. The smallest absolute Gasteiger partial charge is 0.359 e. The Balaban J connectivity index is 2.03. The zero-order chi connectivity index (χ0) is 18.6. The zero-order valence-electron chi connectivity index (χ0n) is 13.3. The lowest BCUT2D eigenvalue weighted by Crippen LogP contribution is -2.24. The number of thiophene rings is 1. The maximum Gasteiger partial charge on any atom is 0.359 e. The van der Waals surface area contributed by atoms with Crippen molar-refractivity contribution in [2.75, 3.05) is 0 Å². The molecule has 6 nitrogen and oxygen atoms in total. The molecule has 0 aliphatic heterocycles. The molecular weight excluding hydrogens is 387 g/mol. The van der Waals surface area contributed by atoms with Crippen molar-refractivity contribution in [2.24, 2.45) is 0 Å². The molecule has 0 radical (unpaired) electrons. The quantitative estimate of drug-likeness (QED) is 0.455. The van der Waals surface area contributed by atoms with Crippen molar-refractivity contribution in [3.05, 3.63) is 49.9 Å². The van der Waals surface area contributed by atoms with Gasteiger partial charge in [0.1, 0.15) is 5.15 Å². The van der Waals surface area contributed by atoms with Gasteiger partial charge in [0.15, 0.2) is 11.8 Å². The minimum atomic E-state index is -1.02. The van der Waals surface area contributed by atoms with E-state index in [0.29, 0.717) is 11.4 Å². The summed E-state index contributed by atoms with van der Waals surface area (Å²) in [5, 5.41) is 2.83. The van der Waals surface area contributed by atoms with Crippen LogP contribution in [0, 0.1) is 0 Å². The number of Topliss-reactive ketones (excluding diaryl/α,β-unsaturated/α-hetero) is 1. The fourth-order valence-corrected chi connectivity index (χ4v) is 3.14. The molecule has 0 aliphatic carbocycles. The van der Waals surface area contributed by atoms with Crippen LogP contribution in [0.4, 0.5) is 0 Å². The normalized spacial score (nSPS) is 11.7. The number of halogens is 2. The lowest BCUT2D eigenvalue weighted by atomic mass is 10.2. The van der Waals surface area contributed by atoms with Gasteiger partial charge in [-0.2, -0.15) is 0 Å². The van der Waals surface area contributed by atoms with Crippen LogP contribution in [0.2, 0.25) is 10.2 Å². The second-order valence-electron chi connectivity index (χ2n) is 5.05. The highest BCUT2D eigenvalue weighted by molar-refractivity contribution is 7.14. The Morgan fingerprint density at radius 1 is 1.24 bits per heavy atom. The second kappa shape index (κ2) is 8.42. The first-order valence-corrected chi connectivity index (χ1v) is 8.75. The summed E-state index contributed by atoms with van der Waals surface area (Å²) in [7, 11) is 0. The molecule has 2 aromatic heterocycles. The zero-order valence-corrected chi connectivity index (χ0v) is 15.7. The molecule has 25 heavy (non-hydrogen) atoms. The molecule has 0 aromatic carbocycles. The van der Waals surface area contributed by atoms with Crippen molar-refractivity contribution in [3.63, 3.8) is 0 Å². The lowest BCUT2D eigenvalue weighted by molar-refractivity contribution is -0.119. The molecule has 0 saturated heterocycles. The summed E-state index contributed by atoms with van der Waals surface area (Å²) < 4.78 is 5.14. The van der Waals surface area contributed by atoms with E-state index in [2.05, 4.69) is 10.3 Å². The Morgan fingerprint density at radius 2 is 1.96 bits per heavy atom. The number of carbonyl (C=O) groups is 3. The van der Waals surface area contributed by atoms with Gasteiger partial charge in [-0.1, -0.05) is 23.2 Å². The van der Waals surface area contributed by atoms with E-state index in [4.69, 9.17) is 27.9 Å². The number of aromatic nitrogens is 1. The van der Waals surface area contributed by atoms with Gasteiger partial charge in [0.25, 0.3) is 0 Å². The van der Waals surface area contributed by atoms with Crippen molar-refractivity contribution >= 4 is 52.2 Å². The van der Waals surface area contributed by atoms with Crippen LogP contribution in [0.25, 0.3) is 0 Å². The Labute approximate surface area is 158 Å². The summed E-state index contributed by atoms with van der Waals surface area (Å²) in [5.41, 5.74) is -0.147. The summed E-state index contributed by atoms with van der Waals surface area (Å²) in [6.45, 7) is 3.21. The van der Waals surface area contributed by atoms with E-state index in [1.807, 2.05) is 0 Å². The maximum absolute atomic E-state index is 12.4. The molecule has 1 unspecified atom stereocenters. The summed E-state index contributed by atoms with van der Waals surface area (Å²) in [4.78, 5) is 40.5. The van der Waals surface area contributed by atoms with E-state index in [0.717, 1.165) is 4.88 Å². The van der Waals surface area contributed by atoms with Gasteiger partial charge in [-0.25, -0.2) is 9.78 Å². The number of hydrogen-bond acceptors (Lipinski definition) is 6. The SMILES string of the molecule is CC(=O)NCc1ccc(C(=O)C(C)OC(=O)c2nc(Cl)ccc2Cl)s1. The molecular formula is C16H14Cl2N2O4S. The summed E-state index contributed by atoms with van der Waals surface area (Å²) >= 11 is 12.9. The first-order chi connectivity index (χ1) is 11.8. The first kappa shape index (κ1) is 19.4. The van der Waals surface area contributed by atoms with Gasteiger partial charge in [-0.3, -0.25) is 9.59 Å². The molecule has 0 spiro atoms. The summed E-state index contributed by atoms with van der Waals surface area (Å²) in [5.74, 6) is -1.34. The highest BCUT2D eigenvalue weighted by Gasteiger charge is 2.24. The third-order valence-corrected chi connectivity index (χ3v) is 4.69. The summed E-state index contributed by atoms with van der Waals surface area (Å²) in [6.07, 6.45) is -1.02. The molecule has 2 aromatic rings. The number of esters is 1. The Bertz CT molecular complexity index is 822. The standard InChI is InChI=1S/C16H14Cl2N2O4S/c1-8(24-16(23)14-11(17)4-6-13(18)20-14)15(22)12-5-3-10(25-12)7-19-9(2)21/h3-6,8H,7H2,1-2H3,(H,19,21). The number of nitrogens with zero attached hydrogens (tertiary/aromatic N) is 1. The van der Waals surface area contributed by atoms with Crippen molar-refractivity contribution in [1.82, 2.24) is 10.3 Å². The average Bonchev–Trinajstić information content (AvgIpc) is 3.03. The van der Waals surface area contributed by atoms with Gasteiger partial charge in [0.05, 0.1) is 16.4 Å². The van der Waals surface area contributed by atoms with Gasteiger partial charge in [0, 0.05) is 11.8 Å². The predicted molar refractivity (Wildman–Crippen MR) is 95.3 cm³/mol. The van der Waals surface area contributed by atoms with Gasteiger partial charge >= 0.3 is 5.97 Å². The van der Waals surface area contributed by atoms with E-state index in [1.54, 1.807) is 12.1 Å². The Morgan fingerprint density at radius 3 is 2.64 bits per heavy atom. The maximum atomic E-state index is 12.4. The highest BCUT2D eigenvalue weighted by Crippen LogP contribution is 2.21. The molecule has 0 fully saturated rings. The molecule has 1 amide bonds. The van der Waals surface area contributed by atoms with Crippen molar-refractivity contribution < 1.29 is 19.1 Å². The van der Waals surface area contributed by atoms with Crippen molar-refractivity contribution in [1.29, 1.82) is 0 Å². The monoisotopic (exact) mass is 400 g/mol. The molecule has 132 valence electrons. The minimum absolute atomic E-state index is 0.0859. The number of nitrogens with one attached hydrogen (secondary N) is 1. The number of amides is 1. The Kier molecular flexibility index (Phi) is 6.52. The van der Waals surface area contributed by atoms with Crippen molar-refractivity contribution in [2.45, 2.75) is 26.5 Å². The number of carbonyl (C=O) groups excluding carboxylic acids is 3. The number of rotatable bonds is 6. The van der Waals surface area contributed by atoms with Crippen LogP contribution in [-0.2, 0) is 16.1 Å². The fourth-order valence-electron chi connectivity index (χ4n) is 1.85. The topological polar surface area (TPSA) is 85.4 Å². The number of ether oxygens (including phenoxy) is 1. The van der Waals surface area contributed by atoms with E-state index in [1.165, 1.54) is 37.3 Å². The van der Waals surface area contributed by atoms with Crippen molar-refractivity contribution in [3.8, 4) is 0 Å². The average molecular weight is 401 g/mol. The molecule has 2 heterocycles. The third-order valence-electron chi connectivity index (χ3n) is 3.07. The number of ketones is 1. The molecule has 0 saturated carbocycles. The van der Waals surface area contributed by atoms with Gasteiger partial charge in [0.2, 0.25) is 11.7 Å². The summed E-state index contributed by atoms with van der Waals surface area (Å²) in [6, 6.07) is 6.22.